The SMILES string of the molecule is CC(C)(Br)C(=O)OCC(COC(=O)C(C)(C)Br)(COC(=O)C(C)(C)Br)NC(=O)CCN1C(=O)[C@H]2C3C=C[C@@H](O3)[C@H]2C1O. The molecule has 0 radical (unpaired) electrons. The van der Waals surface area contributed by atoms with Gasteiger partial charge in [-0.05, 0) is 41.5 Å². The summed E-state index contributed by atoms with van der Waals surface area (Å²) in [5.41, 5.74) is -1.69. The van der Waals surface area contributed by atoms with Crippen LogP contribution in [0.15, 0.2) is 12.2 Å². The fourth-order valence-corrected chi connectivity index (χ4v) is 5.05. The number of amides is 2. The van der Waals surface area contributed by atoms with Crippen molar-refractivity contribution >= 4 is 77.5 Å². The van der Waals surface area contributed by atoms with Crippen LogP contribution in [0.3, 0.4) is 0 Å². The van der Waals surface area contributed by atoms with E-state index in [1.54, 1.807) is 41.5 Å². The lowest BCUT2D eigenvalue weighted by Crippen LogP contribution is -2.60. The number of hydrogen-bond donors (Lipinski definition) is 2. The molecule has 236 valence electrons. The van der Waals surface area contributed by atoms with E-state index in [-0.39, 0.29) is 25.0 Å². The van der Waals surface area contributed by atoms with Crippen LogP contribution in [0, 0.1) is 11.8 Å². The summed E-state index contributed by atoms with van der Waals surface area (Å²) in [5, 5.41) is 13.5. The van der Waals surface area contributed by atoms with Crippen LogP contribution in [0.25, 0.3) is 0 Å². The van der Waals surface area contributed by atoms with Gasteiger partial charge < -0.3 is 34.3 Å². The van der Waals surface area contributed by atoms with E-state index in [2.05, 4.69) is 53.1 Å². The largest absolute Gasteiger partial charge is 0.462 e. The Morgan fingerprint density at radius 3 is 1.69 bits per heavy atom. The number of rotatable bonds is 13. The van der Waals surface area contributed by atoms with Crippen molar-refractivity contribution in [3.8, 4) is 0 Å². The predicted octanol–water partition coefficient (Wildman–Crippen LogP) is 2.11. The van der Waals surface area contributed by atoms with Gasteiger partial charge in [-0.1, -0.05) is 59.9 Å². The van der Waals surface area contributed by atoms with Gasteiger partial charge in [0.2, 0.25) is 11.8 Å². The first-order chi connectivity index (χ1) is 19.2. The second-order valence-electron chi connectivity index (χ2n) is 12.2. The molecule has 5 atom stereocenters. The summed E-state index contributed by atoms with van der Waals surface area (Å²) in [6.45, 7) is 7.75. The maximum absolute atomic E-state index is 13.3. The number of carbonyl (C=O) groups excluding carboxylic acids is 5. The third kappa shape index (κ3) is 8.13. The normalized spacial score (nSPS) is 25.3. The van der Waals surface area contributed by atoms with Crippen LogP contribution in [-0.2, 0) is 42.9 Å². The lowest BCUT2D eigenvalue weighted by molar-refractivity contribution is -0.161. The van der Waals surface area contributed by atoms with Gasteiger partial charge in [-0.15, -0.1) is 0 Å². The lowest BCUT2D eigenvalue weighted by Gasteiger charge is -2.35. The molecule has 15 heteroatoms. The molecule has 2 N–H and O–H groups in total. The summed E-state index contributed by atoms with van der Waals surface area (Å²) in [6.07, 6.45) is 1.51. The average Bonchev–Trinajstić information content (AvgIpc) is 3.55. The van der Waals surface area contributed by atoms with Gasteiger partial charge in [0.15, 0.2) is 0 Å². The summed E-state index contributed by atoms with van der Waals surface area (Å²) >= 11 is 9.68. The highest BCUT2D eigenvalue weighted by molar-refractivity contribution is 9.10. The quantitative estimate of drug-likeness (QED) is 0.123. The van der Waals surface area contributed by atoms with Crippen LogP contribution < -0.4 is 5.32 Å². The Bertz CT molecular complexity index is 1050. The maximum Gasteiger partial charge on any atom is 0.322 e. The molecule has 2 bridgehead atoms. The number of aliphatic hydroxyl groups excluding tert-OH is 1. The number of esters is 3. The predicted molar refractivity (Wildman–Crippen MR) is 160 cm³/mol. The Morgan fingerprint density at radius 2 is 1.29 bits per heavy atom. The molecule has 2 saturated heterocycles. The Kier molecular flexibility index (Phi) is 10.7. The van der Waals surface area contributed by atoms with Gasteiger partial charge in [0.05, 0.1) is 18.1 Å². The molecule has 0 aromatic heterocycles. The Balaban J connectivity index is 1.79. The van der Waals surface area contributed by atoms with Crippen LogP contribution in [0.5, 0.6) is 0 Å². The molecule has 3 aliphatic heterocycles. The van der Waals surface area contributed by atoms with E-state index in [0.29, 0.717) is 0 Å². The fourth-order valence-electron chi connectivity index (χ4n) is 4.71. The molecular weight excluding hydrogens is 752 g/mol. The van der Waals surface area contributed by atoms with E-state index in [4.69, 9.17) is 18.9 Å². The molecule has 2 unspecified atom stereocenters. The van der Waals surface area contributed by atoms with Crippen LogP contribution in [-0.4, -0.2) is 103 Å². The maximum atomic E-state index is 13.3. The Labute approximate surface area is 269 Å². The van der Waals surface area contributed by atoms with E-state index >= 15 is 0 Å². The number of hydrogen-bond acceptors (Lipinski definition) is 10. The molecule has 2 fully saturated rings. The second kappa shape index (κ2) is 12.8. The standard InChI is InChI=1S/C27H37Br3N2O10/c1-24(2,28)21(36)39-11-27(12-40-22(37)25(3,4)29,13-41-23(38)26(5,6)30)31-16(33)9-10-32-19(34)17-14-7-8-15(42-14)18(17)20(32)35/h7-8,14-15,17-19,34H,9-13H2,1-6H3,(H,31,33)/t14-,15?,17-,18+,19?/m1/s1. The Morgan fingerprint density at radius 1 is 0.857 bits per heavy atom. The van der Waals surface area contributed by atoms with Gasteiger partial charge in [-0.25, -0.2) is 0 Å². The first-order valence-corrected chi connectivity index (χ1v) is 15.8. The number of alkyl halides is 3. The first kappa shape index (κ1) is 34.9. The summed E-state index contributed by atoms with van der Waals surface area (Å²) in [4.78, 5) is 65.5. The molecule has 42 heavy (non-hydrogen) atoms. The molecule has 0 aliphatic carbocycles. The summed E-state index contributed by atoms with van der Waals surface area (Å²) in [6, 6.07) is 0. The third-order valence-electron chi connectivity index (χ3n) is 7.06. The highest BCUT2D eigenvalue weighted by atomic mass is 79.9. The molecular formula is C27H37Br3N2O10. The van der Waals surface area contributed by atoms with Crippen molar-refractivity contribution in [3.05, 3.63) is 12.2 Å². The van der Waals surface area contributed by atoms with Gasteiger partial charge in [-0.2, -0.15) is 0 Å². The minimum Gasteiger partial charge on any atom is -0.462 e. The molecule has 0 spiro atoms. The molecule has 0 aromatic carbocycles. The van der Waals surface area contributed by atoms with Crippen LogP contribution in [0.4, 0.5) is 0 Å². The van der Waals surface area contributed by atoms with Gasteiger partial charge in [-0.3, -0.25) is 24.0 Å². The molecule has 0 saturated carbocycles. The molecule has 3 aliphatic rings. The van der Waals surface area contributed by atoms with Crippen LogP contribution in [0.2, 0.25) is 0 Å². The highest BCUT2D eigenvalue weighted by Gasteiger charge is 2.60. The van der Waals surface area contributed by atoms with Crippen molar-refractivity contribution in [1.29, 1.82) is 0 Å². The smallest absolute Gasteiger partial charge is 0.322 e. The van der Waals surface area contributed by atoms with Crippen molar-refractivity contribution < 1.29 is 48.0 Å². The van der Waals surface area contributed by atoms with Gasteiger partial charge >= 0.3 is 17.9 Å². The minimum atomic E-state index is -1.69. The van der Waals surface area contributed by atoms with Crippen molar-refractivity contribution in [2.24, 2.45) is 11.8 Å². The molecule has 2 amide bonds. The Hall–Kier alpha value is -1.55. The fraction of sp³-hybridized carbons (Fsp3) is 0.741. The highest BCUT2D eigenvalue weighted by Crippen LogP contribution is 2.46. The number of nitrogens with zero attached hydrogens (tertiary/aromatic N) is 1. The lowest BCUT2D eigenvalue weighted by atomic mass is 9.85. The topological polar surface area (TPSA) is 158 Å². The zero-order valence-electron chi connectivity index (χ0n) is 24.3. The van der Waals surface area contributed by atoms with Crippen molar-refractivity contribution in [1.82, 2.24) is 10.2 Å². The number of carbonyl (C=O) groups is 5. The van der Waals surface area contributed by atoms with Crippen LogP contribution in [0.1, 0.15) is 48.0 Å². The monoisotopic (exact) mass is 786 g/mol. The molecule has 3 rings (SSSR count). The zero-order chi connectivity index (χ0) is 31.8. The first-order valence-electron chi connectivity index (χ1n) is 13.4. The number of likely N-dealkylation sites (tertiary alicyclic amines) is 1. The van der Waals surface area contributed by atoms with Gasteiger partial charge in [0.25, 0.3) is 0 Å². The number of fused-ring (bicyclic) bond motifs is 5. The zero-order valence-corrected chi connectivity index (χ0v) is 29.0. The van der Waals surface area contributed by atoms with Gasteiger partial charge in [0, 0.05) is 18.9 Å². The van der Waals surface area contributed by atoms with E-state index in [0.717, 1.165) is 0 Å². The van der Waals surface area contributed by atoms with Gasteiger partial charge in [0.1, 0.15) is 44.6 Å². The van der Waals surface area contributed by atoms with E-state index in [1.165, 1.54) is 4.90 Å². The number of ether oxygens (including phenoxy) is 4. The van der Waals surface area contributed by atoms with E-state index in [9.17, 15) is 29.1 Å². The van der Waals surface area contributed by atoms with Crippen molar-refractivity contribution in [2.75, 3.05) is 26.4 Å². The van der Waals surface area contributed by atoms with E-state index < -0.39 is 86.3 Å². The summed E-state index contributed by atoms with van der Waals surface area (Å²) in [5.74, 6) is -3.89. The minimum absolute atomic E-state index is 0.106. The van der Waals surface area contributed by atoms with Crippen molar-refractivity contribution in [3.63, 3.8) is 0 Å². The summed E-state index contributed by atoms with van der Waals surface area (Å²) in [7, 11) is 0. The number of halogens is 3. The molecule has 3 heterocycles. The van der Waals surface area contributed by atoms with Crippen molar-refractivity contribution in [2.45, 2.75) is 84.9 Å². The van der Waals surface area contributed by atoms with E-state index in [1.807, 2.05) is 12.2 Å². The number of nitrogens with one attached hydrogen (secondary N) is 1. The number of aliphatic hydroxyl groups is 1. The molecule has 12 nitrogen and oxygen atoms in total. The third-order valence-corrected chi connectivity index (χ3v) is 8.03. The average molecular weight is 789 g/mol. The second-order valence-corrected chi connectivity index (χ2v) is 18.2. The molecule has 0 aromatic rings. The van der Waals surface area contributed by atoms with Crippen LogP contribution >= 0.6 is 47.8 Å². The summed E-state index contributed by atoms with van der Waals surface area (Å²) < 4.78 is 18.9.